The lowest BCUT2D eigenvalue weighted by Crippen LogP contribution is -2.30. The van der Waals surface area contributed by atoms with Crippen LogP contribution in [0.5, 0.6) is 0 Å². The summed E-state index contributed by atoms with van der Waals surface area (Å²) < 4.78 is 13.6. The number of hydrogen-bond acceptors (Lipinski definition) is 2. The van der Waals surface area contributed by atoms with Gasteiger partial charge in [0.2, 0.25) is 0 Å². The van der Waals surface area contributed by atoms with Crippen molar-refractivity contribution < 1.29 is 4.39 Å². The van der Waals surface area contributed by atoms with Crippen molar-refractivity contribution in [2.45, 2.75) is 25.8 Å². The molecule has 4 heteroatoms. The van der Waals surface area contributed by atoms with Gasteiger partial charge in [-0.15, -0.1) is 0 Å². The third-order valence-corrected chi connectivity index (χ3v) is 4.48. The van der Waals surface area contributed by atoms with Crippen molar-refractivity contribution in [3.8, 4) is 0 Å². The van der Waals surface area contributed by atoms with Gasteiger partial charge in [-0.25, -0.2) is 4.39 Å². The van der Waals surface area contributed by atoms with E-state index in [-0.39, 0.29) is 5.82 Å². The van der Waals surface area contributed by atoms with Gasteiger partial charge in [0.15, 0.2) is 0 Å². The Morgan fingerprint density at radius 3 is 2.82 bits per heavy atom. The van der Waals surface area contributed by atoms with Crippen molar-refractivity contribution in [3.63, 3.8) is 0 Å². The predicted octanol–water partition coefficient (Wildman–Crippen LogP) is 3.86. The fourth-order valence-electron chi connectivity index (χ4n) is 1.57. The van der Waals surface area contributed by atoms with E-state index in [0.29, 0.717) is 10.5 Å². The molecule has 0 saturated heterocycles. The van der Waals surface area contributed by atoms with Gasteiger partial charge in [-0.1, -0.05) is 13.0 Å². The molecule has 0 spiro atoms. The van der Waals surface area contributed by atoms with E-state index in [2.05, 4.69) is 28.2 Å². The molecule has 1 N–H and O–H groups in total. The second-order valence-electron chi connectivity index (χ2n) is 4.01. The van der Waals surface area contributed by atoms with Gasteiger partial charge in [-0.3, -0.25) is 0 Å². The normalized spacial score (nSPS) is 12.7. The van der Waals surface area contributed by atoms with Crippen LogP contribution in [0.4, 0.5) is 4.39 Å². The third kappa shape index (κ3) is 5.40. The van der Waals surface area contributed by atoms with Crippen LogP contribution >= 0.6 is 27.7 Å². The Balaban J connectivity index is 2.51. The molecule has 1 aromatic rings. The van der Waals surface area contributed by atoms with Crippen molar-refractivity contribution in [2.24, 2.45) is 0 Å². The van der Waals surface area contributed by atoms with E-state index < -0.39 is 0 Å². The summed E-state index contributed by atoms with van der Waals surface area (Å²) >= 11 is 5.19. The van der Waals surface area contributed by atoms with Gasteiger partial charge in [-0.05, 0) is 59.3 Å². The van der Waals surface area contributed by atoms with Crippen molar-refractivity contribution in [3.05, 3.63) is 34.1 Å². The van der Waals surface area contributed by atoms with Gasteiger partial charge in [0, 0.05) is 11.8 Å². The lowest BCUT2D eigenvalue weighted by atomic mass is 10.1. The van der Waals surface area contributed by atoms with E-state index in [1.54, 1.807) is 0 Å². The molecule has 0 bridgehead atoms. The highest BCUT2D eigenvalue weighted by molar-refractivity contribution is 9.10. The Hall–Kier alpha value is -0.0600. The zero-order valence-electron chi connectivity index (χ0n) is 10.3. The molecule has 0 saturated carbocycles. The number of nitrogens with one attached hydrogen (secondary N) is 1. The van der Waals surface area contributed by atoms with Gasteiger partial charge >= 0.3 is 0 Å². The molecular weight excluding hydrogens is 301 g/mol. The average molecular weight is 320 g/mol. The number of likely N-dealkylation sites (N-methyl/N-ethyl adjacent to an activating group) is 1. The van der Waals surface area contributed by atoms with E-state index in [1.165, 1.54) is 18.2 Å². The molecule has 0 aliphatic rings. The number of hydrogen-bond donors (Lipinski definition) is 1. The molecule has 0 heterocycles. The standard InChI is InChI=1S/C13H19BrFNS/c1-3-6-17-9-11(16-2)7-10-4-5-13(15)12(14)8-10/h4-5,8,11,16H,3,6-7,9H2,1-2H3. The largest absolute Gasteiger partial charge is 0.316 e. The van der Waals surface area contributed by atoms with E-state index in [9.17, 15) is 4.39 Å². The molecule has 0 aliphatic carbocycles. The monoisotopic (exact) mass is 319 g/mol. The summed E-state index contributed by atoms with van der Waals surface area (Å²) in [7, 11) is 1.98. The molecule has 96 valence electrons. The molecule has 17 heavy (non-hydrogen) atoms. The van der Waals surface area contributed by atoms with Crippen LogP contribution in [-0.2, 0) is 6.42 Å². The van der Waals surface area contributed by atoms with Crippen LogP contribution in [-0.4, -0.2) is 24.6 Å². The summed E-state index contributed by atoms with van der Waals surface area (Å²) in [6, 6.07) is 5.69. The first kappa shape index (κ1) is 15.0. The maximum atomic E-state index is 13.1. The third-order valence-electron chi connectivity index (χ3n) is 2.54. The molecule has 0 radical (unpaired) electrons. The molecular formula is C13H19BrFNS. The topological polar surface area (TPSA) is 12.0 Å². The quantitative estimate of drug-likeness (QED) is 0.766. The highest BCUT2D eigenvalue weighted by Crippen LogP contribution is 2.18. The Kier molecular flexibility index (Phi) is 7.16. The summed E-state index contributed by atoms with van der Waals surface area (Å²) in [6.07, 6.45) is 2.15. The van der Waals surface area contributed by atoms with Crippen LogP contribution in [0, 0.1) is 5.82 Å². The molecule has 0 aliphatic heterocycles. The van der Waals surface area contributed by atoms with E-state index in [1.807, 2.05) is 30.9 Å². The molecule has 1 rings (SSSR count). The Morgan fingerprint density at radius 1 is 1.47 bits per heavy atom. The summed E-state index contributed by atoms with van der Waals surface area (Å²) in [5.41, 5.74) is 1.16. The predicted molar refractivity (Wildman–Crippen MR) is 78.3 cm³/mol. The summed E-state index contributed by atoms with van der Waals surface area (Å²) in [4.78, 5) is 0. The number of halogens is 2. The minimum absolute atomic E-state index is 0.199. The van der Waals surface area contributed by atoms with Crippen LogP contribution in [0.3, 0.4) is 0 Å². The van der Waals surface area contributed by atoms with Gasteiger partial charge in [-0.2, -0.15) is 11.8 Å². The number of rotatable bonds is 7. The van der Waals surface area contributed by atoms with Gasteiger partial charge in [0.1, 0.15) is 5.82 Å². The van der Waals surface area contributed by atoms with Crippen LogP contribution in [0.2, 0.25) is 0 Å². The Bertz CT molecular complexity index is 346. The van der Waals surface area contributed by atoms with E-state index in [4.69, 9.17) is 0 Å². The Morgan fingerprint density at radius 2 is 2.24 bits per heavy atom. The van der Waals surface area contributed by atoms with Crippen LogP contribution in [0.15, 0.2) is 22.7 Å². The minimum atomic E-state index is -0.199. The number of thioether (sulfide) groups is 1. The van der Waals surface area contributed by atoms with Crippen molar-refractivity contribution in [2.75, 3.05) is 18.6 Å². The lowest BCUT2D eigenvalue weighted by molar-refractivity contribution is 0.606. The fourth-order valence-corrected chi connectivity index (χ4v) is 3.02. The van der Waals surface area contributed by atoms with E-state index >= 15 is 0 Å². The first-order valence-electron chi connectivity index (χ1n) is 5.86. The fraction of sp³-hybridized carbons (Fsp3) is 0.538. The van der Waals surface area contributed by atoms with Gasteiger partial charge in [0.05, 0.1) is 4.47 Å². The highest BCUT2D eigenvalue weighted by Gasteiger charge is 2.08. The summed E-state index contributed by atoms with van der Waals surface area (Å²) in [6.45, 7) is 2.19. The smallest absolute Gasteiger partial charge is 0.137 e. The Labute approximate surface area is 116 Å². The SMILES string of the molecule is CCCSCC(Cc1ccc(F)c(Br)c1)NC. The average Bonchev–Trinajstić information content (AvgIpc) is 2.32. The van der Waals surface area contributed by atoms with Gasteiger partial charge < -0.3 is 5.32 Å². The molecule has 1 atom stereocenters. The zero-order chi connectivity index (χ0) is 12.7. The van der Waals surface area contributed by atoms with Crippen molar-refractivity contribution in [1.82, 2.24) is 5.32 Å². The molecule has 1 nitrogen and oxygen atoms in total. The molecule has 0 fully saturated rings. The molecule has 0 amide bonds. The van der Waals surface area contributed by atoms with E-state index in [0.717, 1.165) is 17.7 Å². The second-order valence-corrected chi connectivity index (χ2v) is 6.02. The summed E-state index contributed by atoms with van der Waals surface area (Å²) in [5.74, 6) is 2.10. The maximum Gasteiger partial charge on any atom is 0.137 e. The van der Waals surface area contributed by atoms with Crippen LogP contribution in [0.1, 0.15) is 18.9 Å². The molecule has 1 aromatic carbocycles. The van der Waals surface area contributed by atoms with Gasteiger partial charge in [0.25, 0.3) is 0 Å². The molecule has 1 unspecified atom stereocenters. The number of benzene rings is 1. The van der Waals surface area contributed by atoms with Crippen LogP contribution < -0.4 is 5.32 Å². The molecule has 0 aromatic heterocycles. The first-order valence-corrected chi connectivity index (χ1v) is 7.81. The highest BCUT2D eigenvalue weighted by atomic mass is 79.9. The maximum absolute atomic E-state index is 13.1. The second kappa shape index (κ2) is 8.11. The first-order chi connectivity index (χ1) is 8.17. The van der Waals surface area contributed by atoms with Crippen LogP contribution in [0.25, 0.3) is 0 Å². The van der Waals surface area contributed by atoms with Crippen molar-refractivity contribution >= 4 is 27.7 Å². The minimum Gasteiger partial charge on any atom is -0.316 e. The van der Waals surface area contributed by atoms with Crippen molar-refractivity contribution in [1.29, 1.82) is 0 Å². The lowest BCUT2D eigenvalue weighted by Gasteiger charge is -2.16. The zero-order valence-corrected chi connectivity index (χ0v) is 12.7. The summed E-state index contributed by atoms with van der Waals surface area (Å²) in [5, 5.41) is 3.31.